The van der Waals surface area contributed by atoms with E-state index in [0.717, 1.165) is 45.1 Å². The molecule has 5 aliphatic rings. The van der Waals surface area contributed by atoms with E-state index in [2.05, 4.69) is 98.9 Å². The van der Waals surface area contributed by atoms with E-state index in [1.807, 2.05) is 0 Å². The molecule has 264 valence electrons. The van der Waals surface area contributed by atoms with Crippen LogP contribution in [-0.4, -0.2) is 35.0 Å². The van der Waals surface area contributed by atoms with Crippen LogP contribution in [0.1, 0.15) is 138 Å². The first-order valence-corrected chi connectivity index (χ1v) is 19.8. The first kappa shape index (κ1) is 34.8. The summed E-state index contributed by atoms with van der Waals surface area (Å²) >= 11 is 0. The molecule has 2 heterocycles. The quantitative estimate of drug-likeness (QED) is 0.202. The van der Waals surface area contributed by atoms with Gasteiger partial charge in [0.05, 0.1) is 5.41 Å². The van der Waals surface area contributed by atoms with Crippen LogP contribution in [-0.2, 0) is 41.3 Å². The Hall–Kier alpha value is -3.66. The van der Waals surface area contributed by atoms with Crippen LogP contribution < -0.4 is 4.90 Å². The first-order valence-electron chi connectivity index (χ1n) is 19.8. The lowest BCUT2D eigenvalue weighted by molar-refractivity contribution is -0.440. The van der Waals surface area contributed by atoms with Crippen LogP contribution in [0.15, 0.2) is 71.5 Å². The van der Waals surface area contributed by atoms with E-state index in [0.29, 0.717) is 0 Å². The van der Waals surface area contributed by atoms with Gasteiger partial charge in [-0.3, -0.25) is 4.79 Å². The summed E-state index contributed by atoms with van der Waals surface area (Å²) in [6, 6.07) is 9.55. The number of hydrogen-bond donors (Lipinski definition) is 1. The molecule has 4 heteroatoms. The highest BCUT2D eigenvalue weighted by atomic mass is 16.4. The van der Waals surface area contributed by atoms with Gasteiger partial charge in [0.1, 0.15) is 6.54 Å². The van der Waals surface area contributed by atoms with Gasteiger partial charge in [-0.2, -0.15) is 4.58 Å². The summed E-state index contributed by atoms with van der Waals surface area (Å²) in [4.78, 5) is 13.6. The number of fused-ring (bicyclic) bond motifs is 6. The van der Waals surface area contributed by atoms with Crippen molar-refractivity contribution in [3.63, 3.8) is 0 Å². The van der Waals surface area contributed by atoms with Crippen molar-refractivity contribution >= 4 is 23.1 Å². The van der Waals surface area contributed by atoms with Crippen LogP contribution in [0.4, 0.5) is 11.4 Å². The molecule has 2 aromatic carbocycles. The summed E-state index contributed by atoms with van der Waals surface area (Å²) in [5, 5.41) is 9.14. The molecule has 0 saturated carbocycles. The Morgan fingerprint density at radius 2 is 1.50 bits per heavy atom. The average Bonchev–Trinajstić information content (AvgIpc) is 3.44. The second kappa shape index (κ2) is 14.2. The molecule has 0 atom stereocenters. The summed E-state index contributed by atoms with van der Waals surface area (Å²) in [6.45, 7) is 10.7. The number of anilines is 1. The molecule has 4 nitrogen and oxygen atoms in total. The van der Waals surface area contributed by atoms with Crippen LogP contribution in [0.25, 0.3) is 0 Å². The Balaban J connectivity index is 1.11. The fourth-order valence-corrected chi connectivity index (χ4v) is 10.1. The van der Waals surface area contributed by atoms with E-state index in [1.165, 1.54) is 91.7 Å². The van der Waals surface area contributed by atoms with Crippen molar-refractivity contribution in [2.24, 2.45) is 0 Å². The number of allylic oxidation sites excluding steroid dienone is 8. The van der Waals surface area contributed by atoms with Gasteiger partial charge in [-0.1, -0.05) is 50.3 Å². The zero-order valence-corrected chi connectivity index (χ0v) is 31.5. The highest BCUT2D eigenvalue weighted by Crippen LogP contribution is 2.51. The number of aryl methyl sites for hydroxylation is 2. The molecule has 2 aromatic rings. The average molecular weight is 672 g/mol. The topological polar surface area (TPSA) is 43.5 Å². The Kier molecular flexibility index (Phi) is 9.85. The minimum absolute atomic E-state index is 0.00913. The smallest absolute Gasteiger partial charge is 0.303 e. The number of aliphatic carboxylic acids is 1. The van der Waals surface area contributed by atoms with Crippen LogP contribution >= 0.6 is 0 Å². The van der Waals surface area contributed by atoms with Crippen molar-refractivity contribution in [1.82, 2.24) is 0 Å². The minimum Gasteiger partial charge on any atom is -0.481 e. The molecule has 0 spiro atoms. The lowest BCUT2D eigenvalue weighted by atomic mass is 9.74. The predicted octanol–water partition coefficient (Wildman–Crippen LogP) is 10.8. The number of nitrogens with zero attached hydrogens (tertiary/aromatic N) is 2. The number of hydrogen-bond acceptors (Lipinski definition) is 2. The Morgan fingerprint density at radius 3 is 2.24 bits per heavy atom. The molecule has 50 heavy (non-hydrogen) atoms. The lowest BCUT2D eigenvalue weighted by Crippen LogP contribution is -2.30. The number of benzene rings is 2. The number of carboxylic acids is 1. The SMILES string of the molecule is CN1/C(=C/C=C2C=C(/C=C/CC3=[N+](CCCCCC(=O)O)c4ccc5c(c4C3(C)C)CCCC5)CCC/2)C(C)(C)c2c1ccc1c2CCCC1. The first-order chi connectivity index (χ1) is 24.1. The van der Waals surface area contributed by atoms with Crippen molar-refractivity contribution in [2.75, 3.05) is 18.5 Å². The summed E-state index contributed by atoms with van der Waals surface area (Å²) in [5.74, 6) is -0.688. The summed E-state index contributed by atoms with van der Waals surface area (Å²) < 4.78 is 2.61. The second-order valence-electron chi connectivity index (χ2n) is 16.7. The van der Waals surface area contributed by atoms with Gasteiger partial charge in [0.15, 0.2) is 5.71 Å². The Bertz CT molecular complexity index is 1830. The van der Waals surface area contributed by atoms with Gasteiger partial charge < -0.3 is 10.0 Å². The molecule has 0 radical (unpaired) electrons. The third-order valence-corrected chi connectivity index (χ3v) is 12.6. The molecular formula is C46H59N2O2+. The molecule has 0 saturated heterocycles. The van der Waals surface area contributed by atoms with Crippen molar-refractivity contribution in [2.45, 2.75) is 141 Å². The van der Waals surface area contributed by atoms with E-state index in [1.54, 1.807) is 33.4 Å². The van der Waals surface area contributed by atoms with Crippen LogP contribution in [0.3, 0.4) is 0 Å². The Labute approximate surface area is 301 Å². The van der Waals surface area contributed by atoms with Gasteiger partial charge in [-0.15, -0.1) is 0 Å². The molecule has 1 N–H and O–H groups in total. The second-order valence-corrected chi connectivity index (χ2v) is 16.7. The van der Waals surface area contributed by atoms with Gasteiger partial charge in [0, 0.05) is 54.7 Å². The highest BCUT2D eigenvalue weighted by Gasteiger charge is 2.47. The normalized spacial score (nSPS) is 22.2. The van der Waals surface area contributed by atoms with Crippen molar-refractivity contribution in [1.29, 1.82) is 0 Å². The monoisotopic (exact) mass is 671 g/mol. The molecule has 3 aliphatic carbocycles. The zero-order chi connectivity index (χ0) is 35.0. The van der Waals surface area contributed by atoms with Crippen LogP contribution in [0.2, 0.25) is 0 Å². The summed E-state index contributed by atoms with van der Waals surface area (Å²) in [7, 11) is 2.26. The van der Waals surface area contributed by atoms with Gasteiger partial charge in [0.25, 0.3) is 0 Å². The van der Waals surface area contributed by atoms with Crippen LogP contribution in [0.5, 0.6) is 0 Å². The molecule has 0 amide bonds. The number of likely N-dealkylation sites (N-methyl/N-ethyl adjacent to an activating group) is 1. The zero-order valence-electron chi connectivity index (χ0n) is 31.5. The van der Waals surface area contributed by atoms with Gasteiger partial charge in [0.2, 0.25) is 5.69 Å². The van der Waals surface area contributed by atoms with E-state index in [4.69, 9.17) is 5.11 Å². The minimum atomic E-state index is -0.688. The highest BCUT2D eigenvalue weighted by molar-refractivity contribution is 5.96. The molecular weight excluding hydrogens is 613 g/mol. The third-order valence-electron chi connectivity index (χ3n) is 12.6. The van der Waals surface area contributed by atoms with E-state index in [-0.39, 0.29) is 17.3 Å². The standard InChI is InChI=1S/C46H58N2O2/c1-45(2)40(47(5)38-27-25-34-18-8-10-20-36(34)43(38)45)29-24-33-16-13-15-32(31-33)17-14-22-41-46(3,4)44-37-21-11-9-19-35(37)26-28-39(44)48(41)30-12-6-7-23-42(49)50/h14,17,24-29,31H,6-13,15-16,18-23,30H2,1-5H3/p+1/b17-14+,33-24+,40-29+. The van der Waals surface area contributed by atoms with Crippen molar-refractivity contribution in [3.05, 3.63) is 105 Å². The van der Waals surface area contributed by atoms with Gasteiger partial charge in [-0.05, 0) is 148 Å². The summed E-state index contributed by atoms with van der Waals surface area (Å²) in [5.41, 5.74) is 18.0. The Morgan fingerprint density at radius 1 is 0.800 bits per heavy atom. The fourth-order valence-electron chi connectivity index (χ4n) is 10.1. The van der Waals surface area contributed by atoms with Crippen molar-refractivity contribution < 1.29 is 14.5 Å². The van der Waals surface area contributed by atoms with Gasteiger partial charge in [-0.25, -0.2) is 0 Å². The molecule has 0 fully saturated rings. The molecule has 0 unspecified atom stereocenters. The maximum Gasteiger partial charge on any atom is 0.303 e. The van der Waals surface area contributed by atoms with Crippen LogP contribution in [0, 0.1) is 0 Å². The predicted molar refractivity (Wildman–Crippen MR) is 208 cm³/mol. The lowest BCUT2D eigenvalue weighted by Gasteiger charge is -2.27. The van der Waals surface area contributed by atoms with E-state index < -0.39 is 5.97 Å². The number of carbonyl (C=O) groups is 1. The van der Waals surface area contributed by atoms with E-state index >= 15 is 0 Å². The summed E-state index contributed by atoms with van der Waals surface area (Å²) in [6.07, 6.45) is 29.5. The number of unbranched alkanes of at least 4 members (excludes halogenated alkanes) is 2. The maximum atomic E-state index is 11.1. The largest absolute Gasteiger partial charge is 0.481 e. The molecule has 0 bridgehead atoms. The maximum absolute atomic E-state index is 11.1. The molecule has 2 aliphatic heterocycles. The van der Waals surface area contributed by atoms with E-state index in [9.17, 15) is 4.79 Å². The fraction of sp³-hybridized carbons (Fsp3) is 0.522. The third kappa shape index (κ3) is 6.48. The molecule has 0 aromatic heterocycles. The van der Waals surface area contributed by atoms with Gasteiger partial charge >= 0.3 is 5.97 Å². The number of rotatable bonds is 10. The van der Waals surface area contributed by atoms with Crippen molar-refractivity contribution in [3.8, 4) is 0 Å². The molecule has 7 rings (SSSR count). The number of carboxylic acid groups (broad SMARTS) is 1.